The molecule has 7 rings (SSSR count). The molecule has 0 atom stereocenters. The summed E-state index contributed by atoms with van der Waals surface area (Å²) in [4.78, 5) is 46.3. The molecule has 3 aliphatic rings. The van der Waals surface area contributed by atoms with E-state index in [1.54, 1.807) is 53.7 Å². The highest BCUT2D eigenvalue weighted by molar-refractivity contribution is 6.36. The minimum Gasteiger partial charge on any atom is -0.444 e. The molecule has 2 N–H and O–H groups in total. The van der Waals surface area contributed by atoms with Crippen molar-refractivity contribution in [1.82, 2.24) is 29.9 Å². The number of benzene rings is 3. The standard InChI is InChI=1S/C49H61Cl2F3N6O6/c1-45(2,3)65-43(62)56-48(19-25-59(26-20-48)44(63)66-46(4,5)6)42(61)55-21-8-22-60-30-37(34-12-14-35(15-13-34)64-49(52,53)54)36-27-33(11-16-41(36)60)28-58-31-47(32-58)17-23-57(24-18-47)29-38-39(50)9-7-10-40(38)51/h7,9-16,27,30H,8,17-26,28-29,31-32H2,1-6H3,(H,55,61)(H,56,62). The number of hydrogen-bond donors (Lipinski definition) is 2. The van der Waals surface area contributed by atoms with Crippen molar-refractivity contribution < 1.29 is 41.8 Å². The Bertz CT molecular complexity index is 2350. The Balaban J connectivity index is 1.01. The van der Waals surface area contributed by atoms with Crippen molar-refractivity contribution in [3.8, 4) is 16.9 Å². The molecule has 1 aromatic heterocycles. The van der Waals surface area contributed by atoms with Gasteiger partial charge in [0.2, 0.25) is 5.91 Å². The molecule has 4 heterocycles. The highest BCUT2D eigenvalue weighted by Crippen LogP contribution is 2.42. The number of piperidine rings is 2. The van der Waals surface area contributed by atoms with Crippen LogP contribution in [0.5, 0.6) is 5.75 Å². The first kappa shape index (κ1) is 49.2. The van der Waals surface area contributed by atoms with E-state index >= 15 is 0 Å². The molecular weight excluding hydrogens is 896 g/mol. The first-order chi connectivity index (χ1) is 31.0. The maximum Gasteiger partial charge on any atom is 0.573 e. The molecule has 358 valence electrons. The number of ether oxygens (including phenoxy) is 3. The van der Waals surface area contributed by atoms with Gasteiger partial charge in [-0.05, 0) is 140 Å². The van der Waals surface area contributed by atoms with Crippen LogP contribution in [0.1, 0.15) is 84.8 Å². The van der Waals surface area contributed by atoms with E-state index in [0.717, 1.165) is 85.3 Å². The smallest absolute Gasteiger partial charge is 0.444 e. The summed E-state index contributed by atoms with van der Waals surface area (Å²) < 4.78 is 56.4. The van der Waals surface area contributed by atoms with Crippen molar-refractivity contribution in [3.05, 3.63) is 88.0 Å². The second-order valence-corrected chi connectivity index (χ2v) is 20.9. The molecule has 0 aliphatic carbocycles. The largest absolute Gasteiger partial charge is 0.573 e. The second kappa shape index (κ2) is 19.5. The van der Waals surface area contributed by atoms with Gasteiger partial charge in [0.15, 0.2) is 0 Å². The number of fused-ring (bicyclic) bond motifs is 1. The molecule has 0 saturated carbocycles. The van der Waals surface area contributed by atoms with Gasteiger partial charge in [-0.2, -0.15) is 0 Å². The van der Waals surface area contributed by atoms with E-state index < -0.39 is 35.3 Å². The Labute approximate surface area is 395 Å². The molecule has 3 fully saturated rings. The van der Waals surface area contributed by atoms with Gasteiger partial charge < -0.3 is 34.3 Å². The Hall–Kier alpha value is -4.70. The highest BCUT2D eigenvalue weighted by Gasteiger charge is 2.46. The number of alkyl carbamates (subject to hydrolysis) is 1. The van der Waals surface area contributed by atoms with Gasteiger partial charge in [-0.15, -0.1) is 13.2 Å². The van der Waals surface area contributed by atoms with Crippen LogP contribution in [0.3, 0.4) is 0 Å². The van der Waals surface area contributed by atoms with Gasteiger partial charge in [-0.3, -0.25) is 14.6 Å². The number of aromatic nitrogens is 1. The maximum absolute atomic E-state index is 14.0. The van der Waals surface area contributed by atoms with Crippen molar-refractivity contribution in [2.45, 2.75) is 116 Å². The Morgan fingerprint density at radius 1 is 0.773 bits per heavy atom. The second-order valence-electron chi connectivity index (χ2n) is 20.1. The minimum absolute atomic E-state index is 0.162. The Kier molecular flexibility index (Phi) is 14.5. The van der Waals surface area contributed by atoms with Crippen molar-refractivity contribution in [2.24, 2.45) is 5.41 Å². The number of likely N-dealkylation sites (tertiary alicyclic amines) is 3. The summed E-state index contributed by atoms with van der Waals surface area (Å²) in [5.41, 5.74) is 2.13. The molecule has 66 heavy (non-hydrogen) atoms. The van der Waals surface area contributed by atoms with Gasteiger partial charge in [0, 0.05) is 90.6 Å². The lowest BCUT2D eigenvalue weighted by atomic mass is 9.72. The summed E-state index contributed by atoms with van der Waals surface area (Å²) in [6.45, 7) is 17.2. The minimum atomic E-state index is -4.80. The number of carbonyl (C=O) groups excluding carboxylic acids is 3. The van der Waals surface area contributed by atoms with E-state index in [4.69, 9.17) is 32.7 Å². The van der Waals surface area contributed by atoms with Crippen molar-refractivity contribution >= 4 is 52.2 Å². The lowest BCUT2D eigenvalue weighted by Crippen LogP contribution is -2.64. The molecule has 3 aliphatic heterocycles. The van der Waals surface area contributed by atoms with Crippen LogP contribution in [-0.4, -0.2) is 106 Å². The van der Waals surface area contributed by atoms with Crippen LogP contribution in [-0.2, 0) is 33.9 Å². The third kappa shape index (κ3) is 12.4. The number of aryl methyl sites for hydroxylation is 1. The SMILES string of the molecule is CC(C)(C)OC(=O)NC1(C(=O)NCCCn2cc(-c3ccc(OC(F)(F)F)cc3)c3cc(CN4CC5(CCN(Cc6c(Cl)cccc6Cl)CC5)C4)ccc32)CCN(C(=O)OC(C)(C)C)CC1. The van der Waals surface area contributed by atoms with Crippen LogP contribution < -0.4 is 15.4 Å². The van der Waals surface area contributed by atoms with E-state index in [9.17, 15) is 27.6 Å². The fourth-order valence-corrected chi connectivity index (χ4v) is 9.82. The summed E-state index contributed by atoms with van der Waals surface area (Å²) in [5, 5.41) is 8.21. The molecule has 1 spiro atoms. The number of nitrogens with zero attached hydrogens (tertiary/aromatic N) is 4. The lowest BCUT2D eigenvalue weighted by molar-refractivity contribution is -0.274. The van der Waals surface area contributed by atoms with Crippen LogP contribution >= 0.6 is 23.2 Å². The number of carbonyl (C=O) groups is 3. The average molecular weight is 958 g/mol. The topological polar surface area (TPSA) is 118 Å². The first-order valence-corrected chi connectivity index (χ1v) is 23.4. The Morgan fingerprint density at radius 2 is 1.41 bits per heavy atom. The van der Waals surface area contributed by atoms with Gasteiger partial charge in [-0.25, -0.2) is 9.59 Å². The van der Waals surface area contributed by atoms with E-state index in [1.807, 2.05) is 24.4 Å². The first-order valence-electron chi connectivity index (χ1n) is 22.6. The summed E-state index contributed by atoms with van der Waals surface area (Å²) in [5.74, 6) is -0.674. The van der Waals surface area contributed by atoms with Crippen LogP contribution in [0.25, 0.3) is 22.0 Å². The number of halogens is 5. The lowest BCUT2D eigenvalue weighted by Gasteiger charge is -2.54. The molecule has 3 aromatic carbocycles. The quantitative estimate of drug-likeness (QED) is 0.135. The predicted octanol–water partition coefficient (Wildman–Crippen LogP) is 10.4. The monoisotopic (exact) mass is 956 g/mol. The van der Waals surface area contributed by atoms with Gasteiger partial charge in [-0.1, -0.05) is 47.5 Å². The molecule has 4 aromatic rings. The zero-order valence-electron chi connectivity index (χ0n) is 38.6. The van der Waals surface area contributed by atoms with Gasteiger partial charge in [0.05, 0.1) is 0 Å². The number of alkyl halides is 3. The number of nitrogens with one attached hydrogen (secondary N) is 2. The molecule has 0 bridgehead atoms. The molecule has 12 nitrogen and oxygen atoms in total. The predicted molar refractivity (Wildman–Crippen MR) is 250 cm³/mol. The highest BCUT2D eigenvalue weighted by atomic mass is 35.5. The average Bonchev–Trinajstić information content (AvgIpc) is 3.57. The van der Waals surface area contributed by atoms with E-state index in [1.165, 1.54) is 17.0 Å². The van der Waals surface area contributed by atoms with E-state index in [2.05, 4.69) is 47.9 Å². The zero-order chi connectivity index (χ0) is 47.7. The maximum atomic E-state index is 14.0. The number of hydrogen-bond acceptors (Lipinski definition) is 8. The summed E-state index contributed by atoms with van der Waals surface area (Å²) in [7, 11) is 0. The van der Waals surface area contributed by atoms with Gasteiger partial charge in [0.25, 0.3) is 0 Å². The summed E-state index contributed by atoms with van der Waals surface area (Å²) in [6.07, 6.45) is -0.969. The fraction of sp³-hybridized carbons (Fsp3) is 0.531. The third-order valence-electron chi connectivity index (χ3n) is 12.5. The molecule has 3 saturated heterocycles. The molecule has 0 unspecified atom stereocenters. The van der Waals surface area contributed by atoms with Crippen LogP contribution in [0, 0.1) is 5.41 Å². The van der Waals surface area contributed by atoms with Crippen molar-refractivity contribution in [2.75, 3.05) is 45.8 Å². The molecule has 17 heteroatoms. The molecule has 3 amide bonds. The third-order valence-corrected chi connectivity index (χ3v) is 13.2. The fourth-order valence-electron chi connectivity index (χ4n) is 9.30. The normalized spacial score (nSPS) is 17.9. The Morgan fingerprint density at radius 3 is 2.02 bits per heavy atom. The van der Waals surface area contributed by atoms with Crippen molar-refractivity contribution in [3.63, 3.8) is 0 Å². The molecule has 0 radical (unpaired) electrons. The van der Waals surface area contributed by atoms with Crippen LogP contribution in [0.15, 0.2) is 66.9 Å². The van der Waals surface area contributed by atoms with Gasteiger partial charge in [0.1, 0.15) is 22.5 Å². The number of amides is 3. The summed E-state index contributed by atoms with van der Waals surface area (Å²) >= 11 is 12.9. The summed E-state index contributed by atoms with van der Waals surface area (Å²) in [6, 6.07) is 17.9. The van der Waals surface area contributed by atoms with Crippen LogP contribution in [0.4, 0.5) is 22.8 Å². The van der Waals surface area contributed by atoms with E-state index in [-0.39, 0.29) is 49.5 Å². The number of rotatable bonds is 12. The van der Waals surface area contributed by atoms with Crippen LogP contribution in [0.2, 0.25) is 10.0 Å². The van der Waals surface area contributed by atoms with Gasteiger partial charge >= 0.3 is 18.5 Å². The molecular formula is C49H61Cl2F3N6O6. The zero-order valence-corrected chi connectivity index (χ0v) is 40.1. The van der Waals surface area contributed by atoms with E-state index in [0.29, 0.717) is 23.0 Å². The van der Waals surface area contributed by atoms with Crippen molar-refractivity contribution in [1.29, 1.82) is 0 Å².